The van der Waals surface area contributed by atoms with E-state index in [-0.39, 0.29) is 6.04 Å². The Hall–Kier alpha value is -1.45. The fraction of sp³-hybridized carbons (Fsp3) is 0.286. The average molecular weight is 266 g/mol. The highest BCUT2D eigenvalue weighted by Gasteiger charge is 2.10. The third-order valence-corrected chi connectivity index (χ3v) is 3.28. The van der Waals surface area contributed by atoms with Gasteiger partial charge in [0.1, 0.15) is 5.75 Å². The zero-order valence-electron chi connectivity index (χ0n) is 10.4. The lowest BCUT2D eigenvalue weighted by molar-refractivity contribution is 0.406. The predicted molar refractivity (Wildman–Crippen MR) is 72.0 cm³/mol. The Bertz CT molecular complexity index is 497. The zero-order chi connectivity index (χ0) is 13.0. The smallest absolute Gasteiger partial charge is 0.124 e. The van der Waals surface area contributed by atoms with E-state index >= 15 is 0 Å². The van der Waals surface area contributed by atoms with E-state index in [1.165, 1.54) is 0 Å². The third-order valence-electron chi connectivity index (χ3n) is 2.92. The van der Waals surface area contributed by atoms with Crippen LogP contribution in [0.3, 0.4) is 0 Å². The molecular formula is C14H16ClNO2. The lowest BCUT2D eigenvalue weighted by Gasteiger charge is -2.15. The van der Waals surface area contributed by atoms with Crippen molar-refractivity contribution in [2.45, 2.75) is 19.5 Å². The first-order valence-corrected chi connectivity index (χ1v) is 6.17. The summed E-state index contributed by atoms with van der Waals surface area (Å²) >= 11 is 6.18. The predicted octanol–water partition coefficient (Wildman–Crippen LogP) is 3.79. The number of hydrogen-bond acceptors (Lipinski definition) is 3. The quantitative estimate of drug-likeness (QED) is 0.893. The van der Waals surface area contributed by atoms with E-state index in [0.29, 0.717) is 11.6 Å². The molecule has 0 aliphatic carbocycles. The van der Waals surface area contributed by atoms with Gasteiger partial charge in [-0.3, -0.25) is 0 Å². The van der Waals surface area contributed by atoms with Crippen molar-refractivity contribution in [3.63, 3.8) is 0 Å². The maximum Gasteiger partial charge on any atom is 0.124 e. The van der Waals surface area contributed by atoms with Crippen LogP contribution in [0, 0.1) is 0 Å². The maximum absolute atomic E-state index is 6.18. The van der Waals surface area contributed by atoms with Crippen molar-refractivity contribution in [1.82, 2.24) is 5.32 Å². The van der Waals surface area contributed by atoms with Gasteiger partial charge in [-0.05, 0) is 25.1 Å². The molecule has 4 heteroatoms. The highest BCUT2D eigenvalue weighted by Crippen LogP contribution is 2.26. The number of nitrogens with one attached hydrogen (secondary N) is 1. The Morgan fingerprint density at radius 3 is 2.89 bits per heavy atom. The van der Waals surface area contributed by atoms with Gasteiger partial charge in [0.05, 0.1) is 19.6 Å². The van der Waals surface area contributed by atoms with Crippen LogP contribution in [-0.4, -0.2) is 7.11 Å². The molecule has 0 aliphatic rings. The van der Waals surface area contributed by atoms with E-state index in [1.807, 2.05) is 24.3 Å². The molecule has 3 nitrogen and oxygen atoms in total. The Morgan fingerprint density at radius 2 is 2.22 bits per heavy atom. The molecule has 1 atom stereocenters. The summed E-state index contributed by atoms with van der Waals surface area (Å²) in [6, 6.07) is 7.80. The summed E-state index contributed by atoms with van der Waals surface area (Å²) in [6.45, 7) is 2.73. The monoisotopic (exact) mass is 265 g/mol. The number of furan rings is 1. The molecule has 1 unspecified atom stereocenters. The summed E-state index contributed by atoms with van der Waals surface area (Å²) in [5, 5.41) is 4.10. The fourth-order valence-electron chi connectivity index (χ4n) is 1.80. The van der Waals surface area contributed by atoms with Crippen molar-refractivity contribution in [2.75, 3.05) is 7.11 Å². The van der Waals surface area contributed by atoms with E-state index in [9.17, 15) is 0 Å². The molecule has 96 valence electrons. The molecule has 1 aromatic carbocycles. The zero-order valence-corrected chi connectivity index (χ0v) is 11.2. The molecule has 0 spiro atoms. The van der Waals surface area contributed by atoms with Gasteiger partial charge in [0, 0.05) is 28.7 Å². The molecule has 0 saturated carbocycles. The van der Waals surface area contributed by atoms with Crippen LogP contribution in [0.4, 0.5) is 0 Å². The summed E-state index contributed by atoms with van der Waals surface area (Å²) in [7, 11) is 1.65. The molecule has 0 bridgehead atoms. The largest absolute Gasteiger partial charge is 0.496 e. The minimum absolute atomic E-state index is 0.199. The minimum Gasteiger partial charge on any atom is -0.496 e. The van der Waals surface area contributed by atoms with Crippen LogP contribution >= 0.6 is 11.6 Å². The van der Waals surface area contributed by atoms with Crippen LogP contribution in [0.25, 0.3) is 0 Å². The Balaban J connectivity index is 2.06. The van der Waals surface area contributed by atoms with Gasteiger partial charge in [-0.15, -0.1) is 0 Å². The van der Waals surface area contributed by atoms with Crippen LogP contribution in [0.2, 0.25) is 5.02 Å². The molecule has 1 N–H and O–H groups in total. The molecule has 0 saturated heterocycles. The normalized spacial score (nSPS) is 12.4. The van der Waals surface area contributed by atoms with E-state index < -0.39 is 0 Å². The Labute approximate surface area is 112 Å². The molecule has 2 rings (SSSR count). The minimum atomic E-state index is 0.199. The maximum atomic E-state index is 6.18. The SMILES string of the molecule is COc1cccc(Cl)c1CNC(C)c1ccoc1. The molecular weight excluding hydrogens is 250 g/mol. The van der Waals surface area contributed by atoms with Crippen LogP contribution in [0.15, 0.2) is 41.2 Å². The van der Waals surface area contributed by atoms with Crippen molar-refractivity contribution < 1.29 is 9.15 Å². The summed E-state index contributed by atoms with van der Waals surface area (Å²) < 4.78 is 10.4. The number of rotatable bonds is 5. The molecule has 1 heterocycles. The molecule has 0 aliphatic heterocycles. The highest BCUT2D eigenvalue weighted by molar-refractivity contribution is 6.31. The first-order chi connectivity index (χ1) is 8.72. The van der Waals surface area contributed by atoms with Crippen LogP contribution < -0.4 is 10.1 Å². The van der Waals surface area contributed by atoms with E-state index in [4.69, 9.17) is 20.8 Å². The summed E-state index contributed by atoms with van der Waals surface area (Å²) in [4.78, 5) is 0. The van der Waals surface area contributed by atoms with Crippen molar-refractivity contribution in [1.29, 1.82) is 0 Å². The summed E-state index contributed by atoms with van der Waals surface area (Å²) in [5.74, 6) is 0.800. The second-order valence-corrected chi connectivity index (χ2v) is 4.49. The van der Waals surface area contributed by atoms with E-state index in [2.05, 4.69) is 12.2 Å². The standard InChI is InChI=1S/C14H16ClNO2/c1-10(11-6-7-18-9-11)16-8-12-13(15)4-3-5-14(12)17-2/h3-7,9-10,16H,8H2,1-2H3. The van der Waals surface area contributed by atoms with Crippen LogP contribution in [0.1, 0.15) is 24.1 Å². The Morgan fingerprint density at radius 1 is 1.39 bits per heavy atom. The number of methoxy groups -OCH3 is 1. The summed E-state index contributed by atoms with van der Waals surface area (Å²) in [6.07, 6.45) is 3.41. The first-order valence-electron chi connectivity index (χ1n) is 5.79. The molecule has 0 fully saturated rings. The molecule has 2 aromatic rings. The molecule has 0 radical (unpaired) electrons. The molecule has 0 amide bonds. The van der Waals surface area contributed by atoms with E-state index in [1.54, 1.807) is 19.6 Å². The van der Waals surface area contributed by atoms with Gasteiger partial charge in [0.15, 0.2) is 0 Å². The third kappa shape index (κ3) is 2.86. The van der Waals surface area contributed by atoms with Crippen molar-refractivity contribution in [3.8, 4) is 5.75 Å². The van der Waals surface area contributed by atoms with Gasteiger partial charge in [0.25, 0.3) is 0 Å². The van der Waals surface area contributed by atoms with Crippen LogP contribution in [0.5, 0.6) is 5.75 Å². The number of halogens is 1. The molecule has 18 heavy (non-hydrogen) atoms. The lowest BCUT2D eigenvalue weighted by Crippen LogP contribution is -2.18. The van der Waals surface area contributed by atoms with E-state index in [0.717, 1.165) is 16.9 Å². The number of benzene rings is 1. The highest BCUT2D eigenvalue weighted by atomic mass is 35.5. The van der Waals surface area contributed by atoms with Crippen LogP contribution in [-0.2, 0) is 6.54 Å². The van der Waals surface area contributed by atoms with Gasteiger partial charge in [-0.2, -0.15) is 0 Å². The van der Waals surface area contributed by atoms with Gasteiger partial charge >= 0.3 is 0 Å². The summed E-state index contributed by atoms with van der Waals surface area (Å²) in [5.41, 5.74) is 2.08. The van der Waals surface area contributed by atoms with Crippen molar-refractivity contribution in [3.05, 3.63) is 52.9 Å². The second kappa shape index (κ2) is 5.94. The van der Waals surface area contributed by atoms with Gasteiger partial charge < -0.3 is 14.5 Å². The second-order valence-electron chi connectivity index (χ2n) is 4.08. The number of hydrogen-bond donors (Lipinski definition) is 1. The number of ether oxygens (including phenoxy) is 1. The first kappa shape index (κ1) is 13.0. The Kier molecular flexibility index (Phi) is 4.28. The van der Waals surface area contributed by atoms with Gasteiger partial charge in [0.2, 0.25) is 0 Å². The lowest BCUT2D eigenvalue weighted by atomic mass is 10.1. The van der Waals surface area contributed by atoms with Crippen molar-refractivity contribution >= 4 is 11.6 Å². The topological polar surface area (TPSA) is 34.4 Å². The van der Waals surface area contributed by atoms with Crippen molar-refractivity contribution in [2.24, 2.45) is 0 Å². The molecule has 1 aromatic heterocycles. The van der Waals surface area contributed by atoms with Gasteiger partial charge in [-0.25, -0.2) is 0 Å². The average Bonchev–Trinajstić information content (AvgIpc) is 2.90. The van der Waals surface area contributed by atoms with Gasteiger partial charge in [-0.1, -0.05) is 17.7 Å². The fourth-order valence-corrected chi connectivity index (χ4v) is 2.03.